The molecule has 62 heavy (non-hydrogen) atoms. The van der Waals surface area contributed by atoms with E-state index in [1.807, 2.05) is 0 Å². The number of benzene rings is 8. The normalized spacial score (nSPS) is 18.3. The third-order valence-corrected chi connectivity index (χ3v) is 17.2. The fraction of sp³-hybridized carbons (Fsp3) is 0.279. The van der Waals surface area contributed by atoms with E-state index >= 15 is 0 Å². The molecule has 1 heteroatoms. The first-order valence-electron chi connectivity index (χ1n) is 22.9. The number of hydrogen-bond acceptors (Lipinski definition) is 1. The number of aryl methyl sites for hydroxylation is 2. The Bertz CT molecular complexity index is 3270. The maximum atomic E-state index is 2.65. The highest BCUT2D eigenvalue weighted by Crippen LogP contribution is 2.64. The lowest BCUT2D eigenvalue weighted by Gasteiger charge is -2.38. The Morgan fingerprint density at radius 2 is 0.677 bits per heavy atom. The van der Waals surface area contributed by atoms with Crippen LogP contribution in [-0.4, -0.2) is 0 Å². The fourth-order valence-corrected chi connectivity index (χ4v) is 13.7. The molecular weight excluding hydrogens is 747 g/mol. The molecule has 0 saturated heterocycles. The molecule has 0 atom stereocenters. The van der Waals surface area contributed by atoms with Crippen molar-refractivity contribution in [2.45, 2.75) is 110 Å². The smallest absolute Gasteiger partial charge is 0.0468 e. The molecule has 0 aliphatic heterocycles. The molecule has 0 amide bonds. The highest BCUT2D eigenvalue weighted by molar-refractivity contribution is 6.11. The maximum Gasteiger partial charge on any atom is 0.0468 e. The molecule has 304 valence electrons. The van der Waals surface area contributed by atoms with E-state index in [1.54, 1.807) is 0 Å². The van der Waals surface area contributed by atoms with Gasteiger partial charge >= 0.3 is 0 Å². The zero-order valence-corrected chi connectivity index (χ0v) is 38.4. The molecule has 0 fully saturated rings. The highest BCUT2D eigenvalue weighted by Gasteiger charge is 2.48. The lowest BCUT2D eigenvalue weighted by molar-refractivity contribution is 0.638. The largest absolute Gasteiger partial charge is 0.310 e. The summed E-state index contributed by atoms with van der Waals surface area (Å²) in [6.45, 7) is 29.2. The minimum Gasteiger partial charge on any atom is -0.310 e. The molecule has 8 aromatic rings. The van der Waals surface area contributed by atoms with Gasteiger partial charge in [-0.1, -0.05) is 148 Å². The number of nitrogens with zero attached hydrogens (tertiary/aromatic N) is 1. The van der Waals surface area contributed by atoms with Crippen LogP contribution < -0.4 is 4.90 Å². The van der Waals surface area contributed by atoms with Crippen molar-refractivity contribution in [3.05, 3.63) is 182 Å². The molecule has 5 aliphatic carbocycles. The first kappa shape index (κ1) is 36.7. The Hall–Kier alpha value is -5.92. The average molecular weight is 802 g/mol. The summed E-state index contributed by atoms with van der Waals surface area (Å²) in [4.78, 5) is 2.65. The standard InChI is InChI=1S/C61H55N/c1-32-25-45-55-51-37(32)18-15-21-42(51)58(5,6)47-28-35(30-49(53(47)55)60(45,9)10)62(34-23-24-40-39-17-13-14-20-41(39)57(3,4)44(40)27-34)36-29-48-54-50(31-36)61(11,12)46-26-33(2)38-19-16-22-43(59(48,7)8)52(38)56(46)54/h13-31H,1-12H3. The summed E-state index contributed by atoms with van der Waals surface area (Å²) in [5.74, 6) is 0. The van der Waals surface area contributed by atoms with Crippen LogP contribution in [0.4, 0.5) is 17.1 Å². The van der Waals surface area contributed by atoms with Gasteiger partial charge in [0, 0.05) is 44.1 Å². The van der Waals surface area contributed by atoms with Gasteiger partial charge in [0.15, 0.2) is 0 Å². The summed E-state index contributed by atoms with van der Waals surface area (Å²) in [6, 6.07) is 45.8. The molecule has 0 aromatic heterocycles. The van der Waals surface area contributed by atoms with Crippen LogP contribution in [-0.2, 0) is 27.1 Å². The minimum atomic E-state index is -0.201. The third-order valence-electron chi connectivity index (χ3n) is 17.2. The molecule has 0 heterocycles. The van der Waals surface area contributed by atoms with Crippen molar-refractivity contribution in [2.24, 2.45) is 0 Å². The molecule has 5 aliphatic rings. The quantitative estimate of drug-likeness (QED) is 0.172. The Morgan fingerprint density at radius 1 is 0.306 bits per heavy atom. The Morgan fingerprint density at radius 3 is 1.16 bits per heavy atom. The summed E-state index contributed by atoms with van der Waals surface area (Å²) in [6.07, 6.45) is 0. The molecule has 0 N–H and O–H groups in total. The molecule has 13 rings (SSSR count). The van der Waals surface area contributed by atoms with Gasteiger partial charge in [0.2, 0.25) is 0 Å². The number of hydrogen-bond donors (Lipinski definition) is 0. The maximum absolute atomic E-state index is 2.65. The monoisotopic (exact) mass is 801 g/mol. The van der Waals surface area contributed by atoms with Crippen molar-refractivity contribution in [1.82, 2.24) is 0 Å². The summed E-state index contributed by atoms with van der Waals surface area (Å²) >= 11 is 0. The second-order valence-corrected chi connectivity index (χ2v) is 22.3. The van der Waals surface area contributed by atoms with Gasteiger partial charge in [0.1, 0.15) is 0 Å². The summed E-state index contributed by atoms with van der Waals surface area (Å²) in [5, 5.41) is 5.71. The van der Waals surface area contributed by atoms with Crippen LogP contribution in [0.25, 0.3) is 54.9 Å². The van der Waals surface area contributed by atoms with Crippen LogP contribution in [0.3, 0.4) is 0 Å². The molecule has 0 bridgehead atoms. The van der Waals surface area contributed by atoms with Crippen molar-refractivity contribution in [1.29, 1.82) is 0 Å². The van der Waals surface area contributed by atoms with Crippen molar-refractivity contribution >= 4 is 38.6 Å². The third kappa shape index (κ3) is 4.05. The molecule has 0 unspecified atom stereocenters. The molecule has 1 nitrogen and oxygen atoms in total. The zero-order chi connectivity index (χ0) is 42.9. The van der Waals surface area contributed by atoms with Gasteiger partial charge in [-0.15, -0.1) is 0 Å². The SMILES string of the molecule is Cc1cc2c3c4c(cccc14)C(C)(C)c1cc(N(c4ccc5c(c4)C(C)(C)c4ccccc4-5)c4cc5c6c(c4)C(C)(C)c4cccc7c(C)cc(c-6c47)C5(C)C)cc(c1-3)C2(C)C. The second-order valence-electron chi connectivity index (χ2n) is 22.3. The van der Waals surface area contributed by atoms with E-state index in [9.17, 15) is 0 Å². The predicted molar refractivity (Wildman–Crippen MR) is 263 cm³/mol. The molecule has 0 radical (unpaired) electrons. The van der Waals surface area contributed by atoms with E-state index in [-0.39, 0.29) is 27.1 Å². The van der Waals surface area contributed by atoms with E-state index in [0.717, 1.165) is 0 Å². The second kappa shape index (κ2) is 11.0. The minimum absolute atomic E-state index is 0.126. The van der Waals surface area contributed by atoms with Gasteiger partial charge in [-0.3, -0.25) is 0 Å². The molecule has 0 spiro atoms. The predicted octanol–water partition coefficient (Wildman–Crippen LogP) is 16.3. The summed E-state index contributed by atoms with van der Waals surface area (Å²) in [5.41, 5.74) is 28.5. The number of anilines is 3. The van der Waals surface area contributed by atoms with E-state index in [0.29, 0.717) is 0 Å². The Labute approximate surface area is 367 Å². The molecule has 0 saturated carbocycles. The zero-order valence-electron chi connectivity index (χ0n) is 38.4. The van der Waals surface area contributed by atoms with Gasteiger partial charge < -0.3 is 4.90 Å². The van der Waals surface area contributed by atoms with Gasteiger partial charge in [0.25, 0.3) is 0 Å². The van der Waals surface area contributed by atoms with E-state index in [4.69, 9.17) is 0 Å². The van der Waals surface area contributed by atoms with Crippen LogP contribution in [0.2, 0.25) is 0 Å². The highest BCUT2D eigenvalue weighted by atomic mass is 15.1. The first-order chi connectivity index (χ1) is 29.4. The van der Waals surface area contributed by atoms with Crippen LogP contribution >= 0.6 is 0 Å². The van der Waals surface area contributed by atoms with Gasteiger partial charge in [-0.05, 0) is 172 Å². The molecular formula is C61H55N. The number of fused-ring (bicyclic) bond motifs is 3. The summed E-state index contributed by atoms with van der Waals surface area (Å²) < 4.78 is 0. The Balaban J connectivity index is 1.13. The Kier molecular flexibility index (Phi) is 6.51. The van der Waals surface area contributed by atoms with Crippen molar-refractivity contribution in [3.8, 4) is 33.4 Å². The van der Waals surface area contributed by atoms with E-state index in [2.05, 4.69) is 203 Å². The van der Waals surface area contributed by atoms with Crippen molar-refractivity contribution in [2.75, 3.05) is 4.90 Å². The molecule has 8 aromatic carbocycles. The topological polar surface area (TPSA) is 3.24 Å². The van der Waals surface area contributed by atoms with Gasteiger partial charge in [0.05, 0.1) is 0 Å². The first-order valence-corrected chi connectivity index (χ1v) is 22.9. The number of rotatable bonds is 3. The van der Waals surface area contributed by atoms with E-state index in [1.165, 1.54) is 139 Å². The van der Waals surface area contributed by atoms with Crippen molar-refractivity contribution < 1.29 is 0 Å². The van der Waals surface area contributed by atoms with Gasteiger partial charge in [-0.2, -0.15) is 0 Å². The lowest BCUT2D eigenvalue weighted by Crippen LogP contribution is -2.26. The summed E-state index contributed by atoms with van der Waals surface area (Å²) in [7, 11) is 0. The van der Waals surface area contributed by atoms with Crippen LogP contribution in [0.5, 0.6) is 0 Å². The van der Waals surface area contributed by atoms with Crippen LogP contribution in [0, 0.1) is 13.8 Å². The lowest BCUT2D eigenvalue weighted by atomic mass is 9.68. The van der Waals surface area contributed by atoms with Crippen molar-refractivity contribution in [3.63, 3.8) is 0 Å². The van der Waals surface area contributed by atoms with E-state index < -0.39 is 0 Å². The van der Waals surface area contributed by atoms with Crippen LogP contribution in [0.15, 0.2) is 115 Å². The van der Waals surface area contributed by atoms with Gasteiger partial charge in [-0.25, -0.2) is 0 Å². The van der Waals surface area contributed by atoms with Crippen LogP contribution in [0.1, 0.15) is 136 Å². The fourth-order valence-electron chi connectivity index (χ4n) is 13.7. The average Bonchev–Trinajstić information content (AvgIpc) is 3.71.